The SMILES string of the molecule is CC1CN=C(NCC(C)(C)Oc2ccccc2)N1. The van der Waals surface area contributed by atoms with E-state index in [0.29, 0.717) is 12.6 Å². The Balaban J connectivity index is 1.84. The summed E-state index contributed by atoms with van der Waals surface area (Å²) in [6.45, 7) is 7.78. The van der Waals surface area contributed by atoms with Crippen LogP contribution in [0.1, 0.15) is 20.8 Å². The summed E-state index contributed by atoms with van der Waals surface area (Å²) in [6, 6.07) is 10.3. The van der Waals surface area contributed by atoms with Gasteiger partial charge < -0.3 is 15.4 Å². The number of ether oxygens (including phenoxy) is 1. The van der Waals surface area contributed by atoms with Crippen LogP contribution in [0.25, 0.3) is 0 Å². The van der Waals surface area contributed by atoms with E-state index < -0.39 is 0 Å². The van der Waals surface area contributed by atoms with Gasteiger partial charge >= 0.3 is 0 Å². The molecule has 1 aliphatic heterocycles. The number of rotatable bonds is 4. The third-order valence-corrected chi connectivity index (χ3v) is 2.73. The van der Waals surface area contributed by atoms with Crippen molar-refractivity contribution >= 4 is 5.96 Å². The lowest BCUT2D eigenvalue weighted by atomic mass is 10.1. The molecule has 18 heavy (non-hydrogen) atoms. The molecule has 1 atom stereocenters. The lowest BCUT2D eigenvalue weighted by Crippen LogP contribution is -2.46. The van der Waals surface area contributed by atoms with Gasteiger partial charge in [0.2, 0.25) is 0 Å². The van der Waals surface area contributed by atoms with Gasteiger partial charge in [0.1, 0.15) is 11.4 Å². The summed E-state index contributed by atoms with van der Waals surface area (Å²) in [7, 11) is 0. The molecule has 1 aromatic rings. The maximum Gasteiger partial charge on any atom is 0.191 e. The molecule has 0 bridgehead atoms. The lowest BCUT2D eigenvalue weighted by molar-refractivity contribution is 0.113. The van der Waals surface area contributed by atoms with E-state index in [1.807, 2.05) is 30.3 Å². The fourth-order valence-corrected chi connectivity index (χ4v) is 1.80. The molecule has 0 radical (unpaired) electrons. The third-order valence-electron chi connectivity index (χ3n) is 2.73. The summed E-state index contributed by atoms with van der Waals surface area (Å²) in [6.07, 6.45) is 0. The van der Waals surface area contributed by atoms with Crippen molar-refractivity contribution in [3.8, 4) is 5.75 Å². The van der Waals surface area contributed by atoms with E-state index >= 15 is 0 Å². The number of para-hydroxylation sites is 1. The smallest absolute Gasteiger partial charge is 0.191 e. The van der Waals surface area contributed by atoms with Crippen LogP contribution in [0.3, 0.4) is 0 Å². The zero-order valence-corrected chi connectivity index (χ0v) is 11.2. The Bertz CT molecular complexity index is 414. The van der Waals surface area contributed by atoms with Gasteiger partial charge in [0.05, 0.1) is 13.1 Å². The second-order valence-electron chi connectivity index (χ2n) is 5.26. The van der Waals surface area contributed by atoms with Crippen LogP contribution >= 0.6 is 0 Å². The molecule has 2 rings (SSSR count). The summed E-state index contributed by atoms with van der Waals surface area (Å²) >= 11 is 0. The van der Waals surface area contributed by atoms with Gasteiger partial charge in [0.15, 0.2) is 5.96 Å². The highest BCUT2D eigenvalue weighted by molar-refractivity contribution is 5.81. The minimum atomic E-state index is -0.280. The first-order valence-corrected chi connectivity index (χ1v) is 6.34. The van der Waals surface area contributed by atoms with Crippen molar-refractivity contribution in [3.05, 3.63) is 30.3 Å². The van der Waals surface area contributed by atoms with Gasteiger partial charge in [0, 0.05) is 6.04 Å². The van der Waals surface area contributed by atoms with Crippen LogP contribution < -0.4 is 15.4 Å². The van der Waals surface area contributed by atoms with Gasteiger partial charge in [-0.25, -0.2) is 0 Å². The molecule has 0 aromatic heterocycles. The molecule has 0 spiro atoms. The van der Waals surface area contributed by atoms with E-state index in [-0.39, 0.29) is 5.60 Å². The van der Waals surface area contributed by atoms with Crippen LogP contribution in [-0.4, -0.2) is 30.7 Å². The minimum absolute atomic E-state index is 0.280. The van der Waals surface area contributed by atoms with E-state index in [2.05, 4.69) is 36.4 Å². The van der Waals surface area contributed by atoms with Crippen LogP contribution in [0, 0.1) is 0 Å². The zero-order chi connectivity index (χ0) is 13.0. The molecule has 4 heteroatoms. The number of aliphatic imine (C=N–C) groups is 1. The summed E-state index contributed by atoms with van der Waals surface area (Å²) < 4.78 is 5.94. The number of nitrogens with one attached hydrogen (secondary N) is 2. The number of guanidine groups is 1. The zero-order valence-electron chi connectivity index (χ0n) is 11.2. The molecule has 2 N–H and O–H groups in total. The highest BCUT2D eigenvalue weighted by atomic mass is 16.5. The van der Waals surface area contributed by atoms with Crippen LogP contribution in [0.5, 0.6) is 5.75 Å². The summed E-state index contributed by atoms with van der Waals surface area (Å²) in [5, 5.41) is 6.56. The first-order chi connectivity index (χ1) is 8.55. The van der Waals surface area contributed by atoms with Crippen molar-refractivity contribution < 1.29 is 4.74 Å². The van der Waals surface area contributed by atoms with Crippen molar-refractivity contribution in [2.24, 2.45) is 4.99 Å². The number of hydrogen-bond donors (Lipinski definition) is 2. The van der Waals surface area contributed by atoms with Gasteiger partial charge in [-0.2, -0.15) is 0 Å². The van der Waals surface area contributed by atoms with E-state index in [1.54, 1.807) is 0 Å². The molecule has 0 amide bonds. The van der Waals surface area contributed by atoms with E-state index in [4.69, 9.17) is 4.74 Å². The topological polar surface area (TPSA) is 45.7 Å². The van der Waals surface area contributed by atoms with Crippen molar-refractivity contribution in [3.63, 3.8) is 0 Å². The molecule has 1 unspecified atom stereocenters. The van der Waals surface area contributed by atoms with Gasteiger partial charge in [-0.15, -0.1) is 0 Å². The fraction of sp³-hybridized carbons (Fsp3) is 0.500. The van der Waals surface area contributed by atoms with E-state index in [9.17, 15) is 0 Å². The molecule has 98 valence electrons. The van der Waals surface area contributed by atoms with Gasteiger partial charge in [-0.3, -0.25) is 4.99 Å². The monoisotopic (exact) mass is 247 g/mol. The quantitative estimate of drug-likeness (QED) is 0.852. The normalized spacial score (nSPS) is 19.1. The van der Waals surface area contributed by atoms with Crippen molar-refractivity contribution in [2.45, 2.75) is 32.4 Å². The van der Waals surface area contributed by atoms with Gasteiger partial charge in [-0.05, 0) is 32.9 Å². The maximum absolute atomic E-state index is 5.94. The largest absolute Gasteiger partial charge is 0.486 e. The number of benzene rings is 1. The predicted molar refractivity (Wildman–Crippen MR) is 74.1 cm³/mol. The second-order valence-corrected chi connectivity index (χ2v) is 5.26. The molecule has 0 saturated heterocycles. The Morgan fingerprint density at radius 1 is 1.39 bits per heavy atom. The molecular formula is C14H21N3O. The molecule has 0 saturated carbocycles. The van der Waals surface area contributed by atoms with E-state index in [0.717, 1.165) is 18.3 Å². The van der Waals surface area contributed by atoms with Gasteiger partial charge in [-0.1, -0.05) is 18.2 Å². The second kappa shape index (κ2) is 5.29. The van der Waals surface area contributed by atoms with Gasteiger partial charge in [0.25, 0.3) is 0 Å². The summed E-state index contributed by atoms with van der Waals surface area (Å²) in [4.78, 5) is 4.37. The molecular weight excluding hydrogens is 226 g/mol. The minimum Gasteiger partial charge on any atom is -0.486 e. The van der Waals surface area contributed by atoms with Crippen molar-refractivity contribution in [1.82, 2.24) is 10.6 Å². The number of nitrogens with zero attached hydrogens (tertiary/aromatic N) is 1. The predicted octanol–water partition coefficient (Wildman–Crippen LogP) is 1.78. The molecule has 0 aliphatic carbocycles. The molecule has 1 aromatic carbocycles. The highest BCUT2D eigenvalue weighted by Crippen LogP contribution is 2.16. The van der Waals surface area contributed by atoms with Crippen LogP contribution in [-0.2, 0) is 0 Å². The molecule has 0 fully saturated rings. The van der Waals surface area contributed by atoms with Crippen LogP contribution in [0.4, 0.5) is 0 Å². The first-order valence-electron chi connectivity index (χ1n) is 6.34. The first kappa shape index (κ1) is 12.7. The molecule has 4 nitrogen and oxygen atoms in total. The lowest BCUT2D eigenvalue weighted by Gasteiger charge is -2.27. The average molecular weight is 247 g/mol. The molecule has 1 aliphatic rings. The van der Waals surface area contributed by atoms with Crippen molar-refractivity contribution in [2.75, 3.05) is 13.1 Å². The maximum atomic E-state index is 5.94. The standard InChI is InChI=1S/C14H21N3O/c1-11-9-15-13(17-11)16-10-14(2,3)18-12-7-5-4-6-8-12/h4-8,11H,9-10H2,1-3H3,(H2,15,16,17). The summed E-state index contributed by atoms with van der Waals surface area (Å²) in [5.74, 6) is 1.76. The fourth-order valence-electron chi connectivity index (χ4n) is 1.80. The third kappa shape index (κ3) is 3.65. The Hall–Kier alpha value is -1.71. The average Bonchev–Trinajstić information content (AvgIpc) is 2.74. The van der Waals surface area contributed by atoms with Crippen LogP contribution in [0.15, 0.2) is 35.3 Å². The highest BCUT2D eigenvalue weighted by Gasteiger charge is 2.21. The van der Waals surface area contributed by atoms with E-state index in [1.165, 1.54) is 0 Å². The Morgan fingerprint density at radius 3 is 2.72 bits per heavy atom. The Kier molecular flexibility index (Phi) is 3.75. The number of hydrogen-bond acceptors (Lipinski definition) is 4. The Labute approximate surface area is 108 Å². The summed E-state index contributed by atoms with van der Waals surface area (Å²) in [5.41, 5.74) is -0.280. The van der Waals surface area contributed by atoms with Crippen LogP contribution in [0.2, 0.25) is 0 Å². The van der Waals surface area contributed by atoms with Crippen molar-refractivity contribution in [1.29, 1.82) is 0 Å². The Morgan fingerprint density at radius 2 is 2.11 bits per heavy atom. The molecule has 1 heterocycles.